The summed E-state index contributed by atoms with van der Waals surface area (Å²) in [6.45, 7) is 0. The lowest BCUT2D eigenvalue weighted by atomic mass is 9.65. The Morgan fingerprint density at radius 2 is 1.04 bits per heavy atom. The molecule has 11 aromatic rings. The van der Waals surface area contributed by atoms with Crippen LogP contribution >= 0.6 is 0 Å². The zero-order valence-electron chi connectivity index (χ0n) is 38.2. The molecule has 0 N–H and O–H groups in total. The second-order valence-corrected chi connectivity index (χ2v) is 18.3. The van der Waals surface area contributed by atoms with Crippen molar-refractivity contribution in [2.45, 2.75) is 18.3 Å². The maximum atomic E-state index is 2.49. The van der Waals surface area contributed by atoms with Crippen LogP contribution < -0.4 is 4.90 Å². The summed E-state index contributed by atoms with van der Waals surface area (Å²) in [5, 5.41) is 3.66. The number of hydrogen-bond acceptors (Lipinski definition) is 1. The molecule has 0 saturated heterocycles. The molecule has 0 radical (unpaired) electrons. The maximum Gasteiger partial charge on any atom is 0.0677 e. The van der Waals surface area contributed by atoms with Gasteiger partial charge in [0, 0.05) is 33.4 Å². The lowest BCUT2D eigenvalue weighted by molar-refractivity contribution is 0.693. The Hall–Kier alpha value is -8.72. The van der Waals surface area contributed by atoms with Crippen LogP contribution in [-0.2, 0) is 5.41 Å². The molecule has 0 saturated carbocycles. The van der Waals surface area contributed by atoms with Gasteiger partial charge >= 0.3 is 0 Å². The molecule has 0 aliphatic heterocycles. The van der Waals surface area contributed by atoms with Crippen LogP contribution in [0, 0.1) is 0 Å². The van der Waals surface area contributed by atoms with E-state index in [1.54, 1.807) is 0 Å². The number of benzene rings is 10. The van der Waals surface area contributed by atoms with Crippen molar-refractivity contribution in [3.63, 3.8) is 0 Å². The van der Waals surface area contributed by atoms with Gasteiger partial charge in [-0.05, 0) is 117 Å². The van der Waals surface area contributed by atoms with Gasteiger partial charge in [-0.25, -0.2) is 0 Å². The van der Waals surface area contributed by atoms with E-state index in [1.165, 1.54) is 88.6 Å². The summed E-state index contributed by atoms with van der Waals surface area (Å²) in [6, 6.07) is 91.6. The Balaban J connectivity index is 0.938. The molecule has 0 amide bonds. The number of nitrogens with zero attached hydrogens (tertiary/aromatic N) is 2. The van der Waals surface area contributed by atoms with E-state index >= 15 is 0 Å². The van der Waals surface area contributed by atoms with E-state index in [-0.39, 0.29) is 0 Å². The largest absolute Gasteiger partial charge is 0.310 e. The van der Waals surface area contributed by atoms with E-state index in [9.17, 15) is 0 Å². The lowest BCUT2D eigenvalue weighted by Crippen LogP contribution is -2.30. The van der Waals surface area contributed by atoms with Crippen molar-refractivity contribution in [3.05, 3.63) is 289 Å². The van der Waals surface area contributed by atoms with Crippen molar-refractivity contribution >= 4 is 38.7 Å². The number of allylic oxidation sites excluding steroid dienone is 4. The number of para-hydroxylation sites is 1. The highest BCUT2D eigenvalue weighted by molar-refractivity contribution is 6.06. The van der Waals surface area contributed by atoms with E-state index in [4.69, 9.17) is 0 Å². The molecule has 1 unspecified atom stereocenters. The Morgan fingerprint density at radius 3 is 1.80 bits per heavy atom. The molecule has 0 spiro atoms. The van der Waals surface area contributed by atoms with Gasteiger partial charge in [0.25, 0.3) is 0 Å². The van der Waals surface area contributed by atoms with Crippen LogP contribution in [0.15, 0.2) is 273 Å². The fourth-order valence-electron chi connectivity index (χ4n) is 11.6. The van der Waals surface area contributed by atoms with Crippen molar-refractivity contribution in [2.75, 3.05) is 4.90 Å². The lowest BCUT2D eigenvalue weighted by Gasteiger charge is -2.37. The van der Waals surface area contributed by atoms with Gasteiger partial charge in [-0.1, -0.05) is 224 Å². The number of fused-ring (bicyclic) bond motifs is 5. The average molecular weight is 881 g/mol. The van der Waals surface area contributed by atoms with Crippen LogP contribution in [0.25, 0.3) is 72.0 Å². The van der Waals surface area contributed by atoms with Gasteiger partial charge in [0.15, 0.2) is 0 Å². The molecule has 1 heterocycles. The van der Waals surface area contributed by atoms with Gasteiger partial charge in [-0.15, -0.1) is 0 Å². The number of rotatable bonds is 9. The molecule has 0 fully saturated rings. The molecule has 2 aliphatic rings. The minimum atomic E-state index is -0.424. The first-order chi connectivity index (χ1) is 34.3. The molecule has 10 aromatic carbocycles. The van der Waals surface area contributed by atoms with Crippen LogP contribution in [0.2, 0.25) is 0 Å². The zero-order chi connectivity index (χ0) is 45.7. The van der Waals surface area contributed by atoms with Gasteiger partial charge in [0.2, 0.25) is 0 Å². The van der Waals surface area contributed by atoms with Crippen LogP contribution in [0.1, 0.15) is 29.5 Å². The van der Waals surface area contributed by atoms with Gasteiger partial charge in [0.05, 0.1) is 22.3 Å². The molecule has 69 heavy (non-hydrogen) atoms. The topological polar surface area (TPSA) is 8.17 Å². The van der Waals surface area contributed by atoms with E-state index < -0.39 is 5.41 Å². The summed E-state index contributed by atoms with van der Waals surface area (Å²) in [5.74, 6) is 0. The predicted molar refractivity (Wildman–Crippen MR) is 290 cm³/mol. The van der Waals surface area contributed by atoms with Crippen LogP contribution in [-0.4, -0.2) is 4.57 Å². The summed E-state index contributed by atoms with van der Waals surface area (Å²) < 4.78 is 2.44. The predicted octanol–water partition coefficient (Wildman–Crippen LogP) is 17.8. The Labute approximate surface area is 404 Å². The number of aromatic nitrogens is 1. The Morgan fingerprint density at radius 1 is 0.435 bits per heavy atom. The van der Waals surface area contributed by atoms with Crippen molar-refractivity contribution in [1.29, 1.82) is 0 Å². The molecule has 2 aliphatic carbocycles. The molecule has 1 aromatic heterocycles. The van der Waals surface area contributed by atoms with Crippen molar-refractivity contribution in [2.24, 2.45) is 0 Å². The molecular formula is C67H48N2. The summed E-state index contributed by atoms with van der Waals surface area (Å²) in [4.78, 5) is 2.47. The fourth-order valence-corrected chi connectivity index (χ4v) is 11.6. The molecule has 326 valence electrons. The third kappa shape index (κ3) is 6.63. The van der Waals surface area contributed by atoms with Crippen molar-refractivity contribution < 1.29 is 0 Å². The van der Waals surface area contributed by atoms with Crippen molar-refractivity contribution in [3.8, 4) is 50.3 Å². The third-order valence-corrected chi connectivity index (χ3v) is 14.6. The summed E-state index contributed by atoms with van der Waals surface area (Å²) in [5.41, 5.74) is 20.5. The van der Waals surface area contributed by atoms with Crippen molar-refractivity contribution in [1.82, 2.24) is 4.57 Å². The first-order valence-electron chi connectivity index (χ1n) is 24.1. The highest BCUT2D eigenvalue weighted by Crippen LogP contribution is 2.59. The minimum absolute atomic E-state index is 0.424. The monoisotopic (exact) mass is 880 g/mol. The summed E-state index contributed by atoms with van der Waals surface area (Å²) in [7, 11) is 0. The van der Waals surface area contributed by atoms with Crippen LogP contribution in [0.4, 0.5) is 17.1 Å². The van der Waals surface area contributed by atoms with Gasteiger partial charge < -0.3 is 9.47 Å². The van der Waals surface area contributed by atoms with E-state index in [0.29, 0.717) is 0 Å². The number of hydrogen-bond donors (Lipinski definition) is 0. The summed E-state index contributed by atoms with van der Waals surface area (Å²) >= 11 is 0. The first kappa shape index (κ1) is 40.5. The molecule has 2 nitrogen and oxygen atoms in total. The standard InChI is InChI=1S/C67H48N2/c1-5-21-50(22-6-1)65-60-32-16-18-34-64(60)69(66(65)51-23-7-2-8-24-51)55-42-38-48(39-43-55)47-36-40-54(41-37-47)68(63-35-19-25-49-20-13-14-30-57(49)63)56-44-45-59-58-31-15-17-33-61(58)67(62(59)46-56,52-26-9-3-10-27-52)53-28-11-4-12-29-53/h1-11,13-28,30-46H,12,29H2. The van der Waals surface area contributed by atoms with E-state index in [2.05, 4.69) is 276 Å². The minimum Gasteiger partial charge on any atom is -0.310 e. The zero-order valence-corrected chi connectivity index (χ0v) is 38.2. The smallest absolute Gasteiger partial charge is 0.0677 e. The van der Waals surface area contributed by atoms with Crippen LogP contribution in [0.5, 0.6) is 0 Å². The highest BCUT2D eigenvalue weighted by Gasteiger charge is 2.47. The summed E-state index contributed by atoms with van der Waals surface area (Å²) in [6.07, 6.45) is 8.98. The van der Waals surface area contributed by atoms with E-state index in [1.807, 2.05) is 0 Å². The first-order valence-corrected chi connectivity index (χ1v) is 24.1. The normalized spacial score (nSPS) is 14.9. The molecule has 13 rings (SSSR count). The van der Waals surface area contributed by atoms with Gasteiger partial charge in [-0.2, -0.15) is 0 Å². The molecular weight excluding hydrogens is 833 g/mol. The van der Waals surface area contributed by atoms with Gasteiger partial charge in [-0.3, -0.25) is 0 Å². The third-order valence-electron chi connectivity index (χ3n) is 14.6. The Kier molecular flexibility index (Phi) is 9.91. The molecule has 2 heteroatoms. The molecule has 1 atom stereocenters. The van der Waals surface area contributed by atoms with Gasteiger partial charge in [0.1, 0.15) is 0 Å². The fraction of sp³-hybridized carbons (Fsp3) is 0.0448. The SMILES string of the molecule is C1=CCCC(C2(c3ccccc3)c3ccccc3-c3ccc(N(c4ccc(-c5ccc(-n6c(-c7ccccc7)c(-c7ccccc7)c7ccccc76)cc5)cc4)c4cccc5ccccc45)cc32)=C1. The number of anilines is 3. The maximum absolute atomic E-state index is 2.49. The van der Waals surface area contributed by atoms with E-state index in [0.717, 1.165) is 35.6 Å². The average Bonchev–Trinajstić information content (AvgIpc) is 3.93. The van der Waals surface area contributed by atoms with Crippen LogP contribution in [0.3, 0.4) is 0 Å². The Bertz CT molecular complexity index is 3740. The highest BCUT2D eigenvalue weighted by atomic mass is 15.1. The second kappa shape index (κ2) is 16.9. The quantitative estimate of drug-likeness (QED) is 0.140. The second-order valence-electron chi connectivity index (χ2n) is 18.3. The molecule has 0 bridgehead atoms.